The standard InChI is InChI=1S/C25H32N2O2/c1-4-15-26-25(28)23(6-3)29-21-13-12-19-14-17-27(16-5-2)24(22(19)18-21)20-10-8-7-9-11-20/h5,7-13,18,23-24H,2,4,6,14-17H2,1,3H3,(H,26,28). The first-order valence-electron chi connectivity index (χ1n) is 10.6. The maximum Gasteiger partial charge on any atom is 0.261 e. The lowest BCUT2D eigenvalue weighted by Gasteiger charge is -2.37. The fraction of sp³-hybridized carbons (Fsp3) is 0.400. The molecular formula is C25H32N2O2. The average Bonchev–Trinajstić information content (AvgIpc) is 2.76. The van der Waals surface area contributed by atoms with E-state index in [9.17, 15) is 4.79 Å². The fourth-order valence-electron chi connectivity index (χ4n) is 3.96. The lowest BCUT2D eigenvalue weighted by atomic mass is 9.88. The van der Waals surface area contributed by atoms with E-state index in [0.29, 0.717) is 13.0 Å². The number of nitrogens with zero attached hydrogens (tertiary/aromatic N) is 1. The first-order chi connectivity index (χ1) is 14.2. The third-order valence-corrected chi connectivity index (χ3v) is 5.42. The largest absolute Gasteiger partial charge is 0.481 e. The first kappa shape index (κ1) is 21.1. The number of rotatable bonds is 9. The Morgan fingerprint density at radius 2 is 2.07 bits per heavy atom. The molecule has 0 saturated heterocycles. The minimum absolute atomic E-state index is 0.0417. The van der Waals surface area contributed by atoms with Crippen LogP contribution in [-0.4, -0.2) is 36.5 Å². The molecule has 1 aliphatic rings. The van der Waals surface area contributed by atoms with Crippen LogP contribution in [0.3, 0.4) is 0 Å². The number of ether oxygens (including phenoxy) is 1. The van der Waals surface area contributed by atoms with Crippen molar-refractivity contribution in [3.05, 3.63) is 77.9 Å². The van der Waals surface area contributed by atoms with Crippen molar-refractivity contribution in [2.75, 3.05) is 19.6 Å². The molecule has 3 rings (SSSR count). The van der Waals surface area contributed by atoms with Crippen LogP contribution in [0.25, 0.3) is 0 Å². The molecule has 0 spiro atoms. The predicted molar refractivity (Wildman–Crippen MR) is 118 cm³/mol. The smallest absolute Gasteiger partial charge is 0.261 e. The van der Waals surface area contributed by atoms with Gasteiger partial charge in [-0.1, -0.05) is 56.3 Å². The molecule has 0 fully saturated rings. The second-order valence-corrected chi connectivity index (χ2v) is 7.51. The molecule has 2 aromatic carbocycles. The summed E-state index contributed by atoms with van der Waals surface area (Å²) in [6.45, 7) is 10.5. The van der Waals surface area contributed by atoms with Gasteiger partial charge in [0.15, 0.2) is 6.10 Å². The van der Waals surface area contributed by atoms with Crippen molar-refractivity contribution in [3.63, 3.8) is 0 Å². The van der Waals surface area contributed by atoms with Gasteiger partial charge in [-0.05, 0) is 48.1 Å². The van der Waals surface area contributed by atoms with Crippen LogP contribution in [0.2, 0.25) is 0 Å². The quantitative estimate of drug-likeness (QED) is 0.639. The molecule has 2 atom stereocenters. The van der Waals surface area contributed by atoms with Gasteiger partial charge in [0.25, 0.3) is 5.91 Å². The molecule has 1 heterocycles. The first-order valence-corrected chi connectivity index (χ1v) is 10.6. The molecule has 1 amide bonds. The van der Waals surface area contributed by atoms with Crippen molar-refractivity contribution in [1.29, 1.82) is 0 Å². The molecule has 0 aromatic heterocycles. The Bertz CT molecular complexity index is 819. The SMILES string of the molecule is C=CCN1CCc2ccc(OC(CC)C(=O)NCCC)cc2C1c1ccccc1. The highest BCUT2D eigenvalue weighted by Crippen LogP contribution is 2.37. The van der Waals surface area contributed by atoms with E-state index < -0.39 is 6.10 Å². The zero-order valence-corrected chi connectivity index (χ0v) is 17.6. The summed E-state index contributed by atoms with van der Waals surface area (Å²) in [7, 11) is 0. The van der Waals surface area contributed by atoms with Gasteiger partial charge >= 0.3 is 0 Å². The molecule has 0 radical (unpaired) electrons. The Kier molecular flexibility index (Phi) is 7.48. The normalized spacial score (nSPS) is 17.2. The lowest BCUT2D eigenvalue weighted by molar-refractivity contribution is -0.128. The topological polar surface area (TPSA) is 41.6 Å². The van der Waals surface area contributed by atoms with Gasteiger partial charge in [-0.15, -0.1) is 6.58 Å². The maximum atomic E-state index is 12.4. The van der Waals surface area contributed by atoms with Crippen molar-refractivity contribution < 1.29 is 9.53 Å². The predicted octanol–water partition coefficient (Wildman–Crippen LogP) is 4.50. The van der Waals surface area contributed by atoms with Crippen molar-refractivity contribution in [2.45, 2.75) is 45.3 Å². The van der Waals surface area contributed by atoms with E-state index >= 15 is 0 Å². The van der Waals surface area contributed by atoms with Crippen LogP contribution in [-0.2, 0) is 11.2 Å². The highest BCUT2D eigenvalue weighted by Gasteiger charge is 2.29. The van der Waals surface area contributed by atoms with Gasteiger partial charge in [0.1, 0.15) is 5.75 Å². The molecule has 2 aromatic rings. The van der Waals surface area contributed by atoms with Gasteiger partial charge in [-0.25, -0.2) is 0 Å². The summed E-state index contributed by atoms with van der Waals surface area (Å²) in [4.78, 5) is 14.8. The Morgan fingerprint density at radius 1 is 1.28 bits per heavy atom. The van der Waals surface area contributed by atoms with Gasteiger partial charge in [-0.3, -0.25) is 9.69 Å². The number of amides is 1. The summed E-state index contributed by atoms with van der Waals surface area (Å²) in [6, 6.07) is 17.0. The molecule has 4 heteroatoms. The molecule has 4 nitrogen and oxygen atoms in total. The Hall–Kier alpha value is -2.59. The van der Waals surface area contributed by atoms with Crippen LogP contribution >= 0.6 is 0 Å². The van der Waals surface area contributed by atoms with Crippen LogP contribution < -0.4 is 10.1 Å². The Morgan fingerprint density at radius 3 is 2.76 bits per heavy atom. The van der Waals surface area contributed by atoms with Gasteiger partial charge in [0, 0.05) is 19.6 Å². The highest BCUT2D eigenvalue weighted by atomic mass is 16.5. The van der Waals surface area contributed by atoms with Crippen molar-refractivity contribution in [1.82, 2.24) is 10.2 Å². The Labute approximate surface area is 174 Å². The monoisotopic (exact) mass is 392 g/mol. The molecule has 1 N–H and O–H groups in total. The number of nitrogens with one attached hydrogen (secondary N) is 1. The maximum absolute atomic E-state index is 12.4. The van der Waals surface area contributed by atoms with Crippen molar-refractivity contribution in [2.24, 2.45) is 0 Å². The summed E-state index contributed by atoms with van der Waals surface area (Å²) in [6.07, 6.45) is 4.05. The summed E-state index contributed by atoms with van der Waals surface area (Å²) in [5.74, 6) is 0.712. The highest BCUT2D eigenvalue weighted by molar-refractivity contribution is 5.81. The van der Waals surface area contributed by atoms with Crippen LogP contribution in [0.1, 0.15) is 49.4 Å². The second kappa shape index (κ2) is 10.3. The van der Waals surface area contributed by atoms with E-state index in [-0.39, 0.29) is 11.9 Å². The molecule has 154 valence electrons. The van der Waals surface area contributed by atoms with Crippen LogP contribution in [0.5, 0.6) is 5.75 Å². The number of hydrogen-bond acceptors (Lipinski definition) is 3. The summed E-state index contributed by atoms with van der Waals surface area (Å²) >= 11 is 0. The Balaban J connectivity index is 1.90. The van der Waals surface area contributed by atoms with Crippen LogP contribution in [0, 0.1) is 0 Å². The van der Waals surface area contributed by atoms with E-state index in [4.69, 9.17) is 4.74 Å². The minimum atomic E-state index is -0.470. The summed E-state index contributed by atoms with van der Waals surface area (Å²) in [5, 5.41) is 2.94. The molecule has 2 unspecified atom stereocenters. The van der Waals surface area contributed by atoms with E-state index in [0.717, 1.165) is 31.7 Å². The van der Waals surface area contributed by atoms with Crippen LogP contribution in [0.4, 0.5) is 0 Å². The van der Waals surface area contributed by atoms with Crippen LogP contribution in [0.15, 0.2) is 61.2 Å². The minimum Gasteiger partial charge on any atom is -0.481 e. The number of benzene rings is 2. The van der Waals surface area contributed by atoms with Gasteiger partial charge in [-0.2, -0.15) is 0 Å². The van der Waals surface area contributed by atoms with E-state index in [1.807, 2.05) is 32.1 Å². The number of carbonyl (C=O) groups is 1. The zero-order chi connectivity index (χ0) is 20.6. The van der Waals surface area contributed by atoms with Gasteiger partial charge < -0.3 is 10.1 Å². The van der Waals surface area contributed by atoms with E-state index in [2.05, 4.69) is 53.2 Å². The second-order valence-electron chi connectivity index (χ2n) is 7.51. The molecular weight excluding hydrogens is 360 g/mol. The van der Waals surface area contributed by atoms with Crippen molar-refractivity contribution >= 4 is 5.91 Å². The third-order valence-electron chi connectivity index (χ3n) is 5.42. The number of carbonyl (C=O) groups excluding carboxylic acids is 1. The number of hydrogen-bond donors (Lipinski definition) is 1. The molecule has 0 saturated carbocycles. The zero-order valence-electron chi connectivity index (χ0n) is 17.6. The summed E-state index contributed by atoms with van der Waals surface area (Å²) < 4.78 is 6.12. The van der Waals surface area contributed by atoms with Gasteiger partial charge in [0.2, 0.25) is 0 Å². The lowest BCUT2D eigenvalue weighted by Crippen LogP contribution is -2.38. The average molecular weight is 393 g/mol. The molecule has 1 aliphatic heterocycles. The molecule has 0 aliphatic carbocycles. The fourth-order valence-corrected chi connectivity index (χ4v) is 3.96. The van der Waals surface area contributed by atoms with E-state index in [1.165, 1.54) is 16.7 Å². The molecule has 0 bridgehead atoms. The number of fused-ring (bicyclic) bond motifs is 1. The van der Waals surface area contributed by atoms with E-state index in [1.54, 1.807) is 0 Å². The third kappa shape index (κ3) is 5.07. The van der Waals surface area contributed by atoms with Gasteiger partial charge in [0.05, 0.1) is 6.04 Å². The van der Waals surface area contributed by atoms with Crippen molar-refractivity contribution in [3.8, 4) is 5.75 Å². The summed E-state index contributed by atoms with van der Waals surface area (Å²) in [5.41, 5.74) is 3.86. The molecule has 29 heavy (non-hydrogen) atoms.